The predicted molar refractivity (Wildman–Crippen MR) is 77.5 cm³/mol. The van der Waals surface area contributed by atoms with Crippen LogP contribution >= 0.6 is 0 Å². The lowest BCUT2D eigenvalue weighted by molar-refractivity contribution is -0.149. The number of carboxylic acid groups (broad SMARTS) is 1. The van der Waals surface area contributed by atoms with Gasteiger partial charge in [0.1, 0.15) is 12.1 Å². The Bertz CT molecular complexity index is 682. The third-order valence-electron chi connectivity index (χ3n) is 4.13. The summed E-state index contributed by atoms with van der Waals surface area (Å²) in [6.07, 6.45) is 3.40. The van der Waals surface area contributed by atoms with Gasteiger partial charge in [-0.25, -0.2) is 9.59 Å². The first-order chi connectivity index (χ1) is 10.3. The molecule has 120 valence electrons. The van der Waals surface area contributed by atoms with Crippen LogP contribution in [-0.2, 0) is 16.1 Å². The summed E-state index contributed by atoms with van der Waals surface area (Å²) in [4.78, 5) is 48.2. The number of carbonyl (C=O) groups is 2. The fourth-order valence-corrected chi connectivity index (χ4v) is 2.68. The number of nitrogens with zero attached hydrogens (tertiary/aromatic N) is 1. The number of aliphatic carboxylic acids is 1. The van der Waals surface area contributed by atoms with Crippen molar-refractivity contribution in [2.75, 3.05) is 0 Å². The molecule has 1 aliphatic carbocycles. The van der Waals surface area contributed by atoms with E-state index in [1.165, 1.54) is 6.20 Å². The Kier molecular flexibility index (Phi) is 4.48. The molecule has 3 N–H and O–H groups in total. The van der Waals surface area contributed by atoms with Gasteiger partial charge in [0, 0.05) is 12.3 Å². The molecule has 0 aliphatic heterocycles. The predicted octanol–water partition coefficient (Wildman–Crippen LogP) is -0.314. The van der Waals surface area contributed by atoms with Gasteiger partial charge >= 0.3 is 11.7 Å². The lowest BCUT2D eigenvalue weighted by Gasteiger charge is -2.36. The monoisotopic (exact) mass is 309 g/mol. The first kappa shape index (κ1) is 16.0. The number of hydrogen-bond donors (Lipinski definition) is 3. The molecule has 22 heavy (non-hydrogen) atoms. The number of aromatic nitrogens is 2. The van der Waals surface area contributed by atoms with Crippen molar-refractivity contribution in [3.05, 3.63) is 33.1 Å². The number of carboxylic acids is 1. The van der Waals surface area contributed by atoms with E-state index in [4.69, 9.17) is 0 Å². The quantitative estimate of drug-likeness (QED) is 0.704. The smallest absolute Gasteiger partial charge is 0.329 e. The Labute approximate surface area is 126 Å². The number of rotatable bonds is 4. The molecule has 0 unspecified atom stereocenters. The third-order valence-corrected chi connectivity index (χ3v) is 4.13. The van der Waals surface area contributed by atoms with Gasteiger partial charge < -0.3 is 10.4 Å². The molecule has 1 amide bonds. The van der Waals surface area contributed by atoms with Gasteiger partial charge in [0.05, 0.1) is 0 Å². The number of hydrogen-bond acceptors (Lipinski definition) is 4. The second-order valence-electron chi connectivity index (χ2n) is 5.86. The van der Waals surface area contributed by atoms with E-state index in [2.05, 4.69) is 5.32 Å². The Morgan fingerprint density at radius 3 is 2.59 bits per heavy atom. The molecule has 0 atom stereocenters. The van der Waals surface area contributed by atoms with Crippen molar-refractivity contribution < 1.29 is 14.7 Å². The molecule has 0 bridgehead atoms. The van der Waals surface area contributed by atoms with Crippen molar-refractivity contribution >= 4 is 11.9 Å². The normalized spacial score (nSPS) is 24.7. The van der Waals surface area contributed by atoms with Crippen molar-refractivity contribution in [3.63, 3.8) is 0 Å². The molecule has 1 aromatic heterocycles. The van der Waals surface area contributed by atoms with E-state index in [-0.39, 0.29) is 6.54 Å². The standard InChI is InChI=1S/C14H19N3O5/c1-9-2-5-14(6-3-9,12(20)21)16-11(19)8-17-7-4-10(18)15-13(17)22/h4,7,9H,2-3,5-6,8H2,1H3,(H,16,19)(H,20,21)(H,15,18,22). The van der Waals surface area contributed by atoms with Crippen molar-refractivity contribution in [1.82, 2.24) is 14.9 Å². The second kappa shape index (κ2) is 6.17. The number of carbonyl (C=O) groups excluding carboxylic acids is 1. The molecule has 1 aliphatic rings. The van der Waals surface area contributed by atoms with Gasteiger partial charge in [0.2, 0.25) is 5.91 Å². The lowest BCUT2D eigenvalue weighted by atomic mass is 9.77. The van der Waals surface area contributed by atoms with Crippen molar-refractivity contribution in [2.45, 2.75) is 44.7 Å². The molecular formula is C14H19N3O5. The van der Waals surface area contributed by atoms with Crippen LogP contribution in [0.3, 0.4) is 0 Å². The minimum Gasteiger partial charge on any atom is -0.480 e. The van der Waals surface area contributed by atoms with Gasteiger partial charge in [0.25, 0.3) is 5.56 Å². The summed E-state index contributed by atoms with van der Waals surface area (Å²) in [6.45, 7) is 1.72. The van der Waals surface area contributed by atoms with Crippen LogP contribution in [0.15, 0.2) is 21.9 Å². The molecule has 1 heterocycles. The maximum Gasteiger partial charge on any atom is 0.329 e. The molecule has 1 fully saturated rings. The van der Waals surface area contributed by atoms with E-state index >= 15 is 0 Å². The van der Waals surface area contributed by atoms with Crippen LogP contribution in [-0.4, -0.2) is 32.1 Å². The van der Waals surface area contributed by atoms with Crippen LogP contribution in [0.4, 0.5) is 0 Å². The molecule has 8 nitrogen and oxygen atoms in total. The summed E-state index contributed by atoms with van der Waals surface area (Å²) in [5.41, 5.74) is -2.52. The zero-order valence-electron chi connectivity index (χ0n) is 12.3. The zero-order valence-corrected chi connectivity index (χ0v) is 12.3. The molecule has 2 rings (SSSR count). The van der Waals surface area contributed by atoms with E-state index in [1.807, 2.05) is 11.9 Å². The van der Waals surface area contributed by atoms with Crippen molar-refractivity contribution in [1.29, 1.82) is 0 Å². The summed E-state index contributed by atoms with van der Waals surface area (Å²) in [6, 6.07) is 1.13. The largest absolute Gasteiger partial charge is 0.480 e. The van der Waals surface area contributed by atoms with Crippen LogP contribution in [0.25, 0.3) is 0 Å². The van der Waals surface area contributed by atoms with Gasteiger partial charge in [-0.2, -0.15) is 0 Å². The number of nitrogens with one attached hydrogen (secondary N) is 2. The molecular weight excluding hydrogens is 290 g/mol. The van der Waals surface area contributed by atoms with Crippen LogP contribution < -0.4 is 16.6 Å². The van der Waals surface area contributed by atoms with E-state index in [1.54, 1.807) is 0 Å². The minimum absolute atomic E-state index is 0.333. The van der Waals surface area contributed by atoms with Crippen molar-refractivity contribution in [3.8, 4) is 0 Å². The fourth-order valence-electron chi connectivity index (χ4n) is 2.68. The van der Waals surface area contributed by atoms with Crippen LogP contribution in [0.1, 0.15) is 32.6 Å². The highest BCUT2D eigenvalue weighted by molar-refractivity contribution is 5.87. The molecule has 0 radical (unpaired) electrons. The van der Waals surface area contributed by atoms with Gasteiger partial charge in [-0.3, -0.25) is 19.1 Å². The maximum atomic E-state index is 12.1. The minimum atomic E-state index is -1.27. The zero-order chi connectivity index (χ0) is 16.3. The van der Waals surface area contributed by atoms with E-state index in [9.17, 15) is 24.3 Å². The van der Waals surface area contributed by atoms with Gasteiger partial charge in [-0.05, 0) is 31.6 Å². The Morgan fingerprint density at radius 2 is 2.05 bits per heavy atom. The molecule has 1 aromatic rings. The highest BCUT2D eigenvalue weighted by Gasteiger charge is 2.42. The Balaban J connectivity index is 2.10. The lowest BCUT2D eigenvalue weighted by Crippen LogP contribution is -2.57. The average Bonchev–Trinajstić information content (AvgIpc) is 2.44. The van der Waals surface area contributed by atoms with E-state index in [0.29, 0.717) is 18.8 Å². The van der Waals surface area contributed by atoms with E-state index in [0.717, 1.165) is 23.5 Å². The molecule has 0 aromatic carbocycles. The van der Waals surface area contributed by atoms with Crippen LogP contribution in [0.5, 0.6) is 0 Å². The summed E-state index contributed by atoms with van der Waals surface area (Å²) < 4.78 is 1.03. The Hall–Kier alpha value is -2.38. The van der Waals surface area contributed by atoms with Gasteiger partial charge in [-0.1, -0.05) is 6.92 Å². The van der Waals surface area contributed by atoms with Crippen LogP contribution in [0, 0.1) is 5.92 Å². The van der Waals surface area contributed by atoms with Crippen LogP contribution in [0.2, 0.25) is 0 Å². The number of H-pyrrole nitrogens is 1. The maximum absolute atomic E-state index is 12.1. The molecule has 0 saturated heterocycles. The molecule has 0 spiro atoms. The number of aromatic amines is 1. The summed E-state index contributed by atoms with van der Waals surface area (Å²) in [5, 5.41) is 12.0. The van der Waals surface area contributed by atoms with E-state index < -0.39 is 28.7 Å². The molecule has 8 heteroatoms. The van der Waals surface area contributed by atoms with Gasteiger partial charge in [0.15, 0.2) is 0 Å². The summed E-state index contributed by atoms with van der Waals surface area (Å²) in [7, 11) is 0. The number of amides is 1. The first-order valence-electron chi connectivity index (χ1n) is 7.16. The fraction of sp³-hybridized carbons (Fsp3) is 0.571. The van der Waals surface area contributed by atoms with Crippen molar-refractivity contribution in [2.24, 2.45) is 5.92 Å². The first-order valence-corrected chi connectivity index (χ1v) is 7.16. The topological polar surface area (TPSA) is 121 Å². The molecule has 1 saturated carbocycles. The highest BCUT2D eigenvalue weighted by atomic mass is 16.4. The third kappa shape index (κ3) is 3.44. The Morgan fingerprint density at radius 1 is 1.41 bits per heavy atom. The highest BCUT2D eigenvalue weighted by Crippen LogP contribution is 2.32. The second-order valence-corrected chi connectivity index (χ2v) is 5.86. The summed E-state index contributed by atoms with van der Waals surface area (Å²) >= 11 is 0. The summed E-state index contributed by atoms with van der Waals surface area (Å²) in [5.74, 6) is -1.18. The SMILES string of the molecule is CC1CCC(NC(=O)Cn2ccc(=O)[nH]c2=O)(C(=O)O)CC1. The average molecular weight is 309 g/mol. The van der Waals surface area contributed by atoms with Gasteiger partial charge in [-0.15, -0.1) is 0 Å².